The maximum atomic E-state index is 5.22. The van der Waals surface area contributed by atoms with Gasteiger partial charge in [0, 0.05) is 45.2 Å². The van der Waals surface area contributed by atoms with Crippen LogP contribution in [0.4, 0.5) is 34.3 Å². The zero-order valence-electron chi connectivity index (χ0n) is 27.0. The van der Waals surface area contributed by atoms with Crippen molar-refractivity contribution < 1.29 is 0 Å². The third kappa shape index (κ3) is 4.93. The minimum atomic E-state index is 0.700. The van der Waals surface area contributed by atoms with Gasteiger partial charge in [-0.1, -0.05) is 121 Å². The Morgan fingerprint density at radius 3 is 1.37 bits per heavy atom. The summed E-state index contributed by atoms with van der Waals surface area (Å²) < 4.78 is 0. The van der Waals surface area contributed by atoms with Crippen LogP contribution in [0.25, 0.3) is 43.7 Å². The van der Waals surface area contributed by atoms with Gasteiger partial charge in [-0.05, 0) is 77.0 Å². The predicted molar refractivity (Wildman–Crippen MR) is 205 cm³/mol. The lowest BCUT2D eigenvalue weighted by molar-refractivity contribution is 1.09. The second-order valence-corrected chi connectivity index (χ2v) is 12.3. The summed E-state index contributed by atoms with van der Waals surface area (Å²) in [7, 11) is 0. The number of para-hydroxylation sites is 3. The second kappa shape index (κ2) is 11.9. The molecule has 0 amide bonds. The lowest BCUT2D eigenvalue weighted by Crippen LogP contribution is -2.14. The Bertz CT molecular complexity index is 2510. The van der Waals surface area contributed by atoms with E-state index in [1.807, 2.05) is 24.4 Å². The van der Waals surface area contributed by atoms with Gasteiger partial charge in [0.05, 0.1) is 11.4 Å². The molecule has 0 unspecified atom stereocenters. The molecule has 0 atom stereocenters. The number of hydrogen-bond acceptors (Lipinski definition) is 4. The molecule has 9 aromatic rings. The molecular weight excluding hydrogens is 597 g/mol. The van der Waals surface area contributed by atoms with E-state index in [9.17, 15) is 0 Å². The molecule has 49 heavy (non-hydrogen) atoms. The molecule has 9 rings (SSSR count). The van der Waals surface area contributed by atoms with Gasteiger partial charge in [0.25, 0.3) is 0 Å². The second-order valence-electron chi connectivity index (χ2n) is 12.3. The van der Waals surface area contributed by atoms with Crippen molar-refractivity contribution in [2.45, 2.75) is 6.92 Å². The topological polar surface area (TPSA) is 32.3 Å². The van der Waals surface area contributed by atoms with Crippen LogP contribution in [0.1, 0.15) is 5.56 Å². The van der Waals surface area contributed by atoms with Crippen LogP contribution >= 0.6 is 0 Å². The molecule has 0 N–H and O–H groups in total. The van der Waals surface area contributed by atoms with E-state index in [-0.39, 0.29) is 0 Å². The fourth-order valence-corrected chi connectivity index (χ4v) is 7.08. The average molecular weight is 629 g/mol. The molecule has 4 nitrogen and oxygen atoms in total. The third-order valence-electron chi connectivity index (χ3n) is 9.33. The van der Waals surface area contributed by atoms with Gasteiger partial charge in [-0.2, -0.15) is 0 Å². The summed E-state index contributed by atoms with van der Waals surface area (Å²) in [5.74, 6) is 1.56. The molecule has 0 aliphatic heterocycles. The molecule has 4 heteroatoms. The van der Waals surface area contributed by atoms with E-state index in [2.05, 4.69) is 168 Å². The molecule has 0 saturated heterocycles. The number of aromatic nitrogens is 2. The van der Waals surface area contributed by atoms with Crippen molar-refractivity contribution in [1.82, 2.24) is 9.97 Å². The van der Waals surface area contributed by atoms with Crippen molar-refractivity contribution >= 4 is 66.6 Å². The van der Waals surface area contributed by atoms with Crippen LogP contribution in [0.2, 0.25) is 0 Å². The molecule has 232 valence electrons. The Labute approximate surface area is 285 Å². The highest BCUT2D eigenvalue weighted by atomic mass is 15.2. The average Bonchev–Trinajstić information content (AvgIpc) is 3.17. The highest BCUT2D eigenvalue weighted by Gasteiger charge is 2.23. The first-order chi connectivity index (χ1) is 24.2. The van der Waals surface area contributed by atoms with Gasteiger partial charge < -0.3 is 4.90 Å². The summed E-state index contributed by atoms with van der Waals surface area (Å²) in [6.45, 7) is 2.09. The Morgan fingerprint density at radius 1 is 0.429 bits per heavy atom. The van der Waals surface area contributed by atoms with Crippen LogP contribution in [0.15, 0.2) is 176 Å². The van der Waals surface area contributed by atoms with E-state index in [4.69, 9.17) is 9.97 Å². The summed E-state index contributed by atoms with van der Waals surface area (Å²) in [5, 5.41) is 7.29. The zero-order valence-corrected chi connectivity index (χ0v) is 27.0. The van der Waals surface area contributed by atoms with Crippen molar-refractivity contribution in [3.63, 3.8) is 0 Å². The molecule has 8 aromatic carbocycles. The molecule has 0 aliphatic carbocycles. The minimum Gasteiger partial charge on any atom is -0.310 e. The number of benzene rings is 8. The SMILES string of the molecule is Cc1cnc(-c2ccccc2)nc1N(c1ccccc1)c1ccc2ccc3c(N(c4ccccc4)c4ccccc4)ccc4ccc1c2c43. The molecular formula is C45H32N4. The maximum Gasteiger partial charge on any atom is 0.161 e. The maximum absolute atomic E-state index is 5.22. The molecule has 0 bridgehead atoms. The van der Waals surface area contributed by atoms with Crippen LogP contribution < -0.4 is 9.80 Å². The van der Waals surface area contributed by atoms with Gasteiger partial charge >= 0.3 is 0 Å². The highest BCUT2D eigenvalue weighted by Crippen LogP contribution is 2.47. The van der Waals surface area contributed by atoms with E-state index < -0.39 is 0 Å². The predicted octanol–water partition coefficient (Wildman–Crippen LogP) is 12.3. The van der Waals surface area contributed by atoms with Crippen LogP contribution in [0.3, 0.4) is 0 Å². The number of nitrogens with zero attached hydrogens (tertiary/aromatic N) is 4. The Balaban J connectivity index is 1.31. The van der Waals surface area contributed by atoms with Gasteiger partial charge in [-0.25, -0.2) is 9.97 Å². The smallest absolute Gasteiger partial charge is 0.161 e. The monoisotopic (exact) mass is 628 g/mol. The molecule has 0 saturated carbocycles. The summed E-state index contributed by atoms with van der Waals surface area (Å²) in [5.41, 5.74) is 7.48. The first-order valence-electron chi connectivity index (χ1n) is 16.6. The quantitative estimate of drug-likeness (QED) is 0.164. The minimum absolute atomic E-state index is 0.700. The number of rotatable bonds is 7. The van der Waals surface area contributed by atoms with Crippen LogP contribution in [-0.2, 0) is 0 Å². The van der Waals surface area contributed by atoms with Crippen molar-refractivity contribution in [3.8, 4) is 11.4 Å². The number of hydrogen-bond donors (Lipinski definition) is 0. The molecule has 1 aromatic heterocycles. The van der Waals surface area contributed by atoms with Gasteiger partial charge in [-0.15, -0.1) is 0 Å². The summed E-state index contributed by atoms with van der Waals surface area (Å²) in [6.07, 6.45) is 1.94. The largest absolute Gasteiger partial charge is 0.310 e. The lowest BCUT2D eigenvalue weighted by atomic mass is 9.91. The van der Waals surface area contributed by atoms with E-state index in [1.54, 1.807) is 0 Å². The summed E-state index contributed by atoms with van der Waals surface area (Å²) >= 11 is 0. The van der Waals surface area contributed by atoms with E-state index >= 15 is 0 Å². The highest BCUT2D eigenvalue weighted by molar-refractivity contribution is 6.28. The van der Waals surface area contributed by atoms with Crippen molar-refractivity contribution in [2.75, 3.05) is 9.80 Å². The van der Waals surface area contributed by atoms with E-state index in [1.165, 1.54) is 32.3 Å². The Hall–Kier alpha value is -6.52. The van der Waals surface area contributed by atoms with Crippen molar-refractivity contribution in [2.24, 2.45) is 0 Å². The van der Waals surface area contributed by atoms with Gasteiger partial charge in [-0.3, -0.25) is 4.90 Å². The third-order valence-corrected chi connectivity index (χ3v) is 9.33. The molecule has 0 fully saturated rings. The molecule has 0 radical (unpaired) electrons. The van der Waals surface area contributed by atoms with Gasteiger partial charge in [0.1, 0.15) is 5.82 Å². The first kappa shape index (κ1) is 28.7. The standard InChI is InChI=1S/C45H32N4/c1-31-30-46-44(34-14-6-2-7-15-34)47-45(31)49(37-20-12-5-13-21-37)41-29-25-33-22-26-38-40(28-24-32-23-27-39(41)43(33)42(32)38)48(35-16-8-3-9-17-35)36-18-10-4-11-19-36/h2-30H,1H3. The summed E-state index contributed by atoms with van der Waals surface area (Å²) in [6, 6.07) is 60.0. The fraction of sp³-hybridized carbons (Fsp3) is 0.0222. The zero-order chi connectivity index (χ0) is 32.7. The van der Waals surface area contributed by atoms with E-state index in [0.717, 1.165) is 45.4 Å². The van der Waals surface area contributed by atoms with Crippen molar-refractivity contribution in [1.29, 1.82) is 0 Å². The fourth-order valence-electron chi connectivity index (χ4n) is 7.08. The van der Waals surface area contributed by atoms with Gasteiger partial charge in [0.15, 0.2) is 5.82 Å². The van der Waals surface area contributed by atoms with Crippen LogP contribution in [0.5, 0.6) is 0 Å². The first-order valence-corrected chi connectivity index (χ1v) is 16.6. The van der Waals surface area contributed by atoms with Crippen molar-refractivity contribution in [3.05, 3.63) is 182 Å². The van der Waals surface area contributed by atoms with Crippen LogP contribution in [-0.4, -0.2) is 9.97 Å². The van der Waals surface area contributed by atoms with Gasteiger partial charge in [0.2, 0.25) is 0 Å². The van der Waals surface area contributed by atoms with E-state index in [0.29, 0.717) is 5.82 Å². The number of aryl methyl sites for hydroxylation is 1. The lowest BCUT2D eigenvalue weighted by Gasteiger charge is -2.29. The summed E-state index contributed by atoms with van der Waals surface area (Å²) in [4.78, 5) is 14.6. The molecule has 0 spiro atoms. The molecule has 0 aliphatic rings. The Kier molecular flexibility index (Phi) is 6.98. The number of anilines is 6. The Morgan fingerprint density at radius 2 is 0.857 bits per heavy atom. The molecule has 1 heterocycles. The normalized spacial score (nSPS) is 11.4. The van der Waals surface area contributed by atoms with Crippen LogP contribution in [0, 0.1) is 6.92 Å².